The molecule has 0 unspecified atom stereocenters. The largest absolute Gasteiger partial charge is 0.455 e. The van der Waals surface area contributed by atoms with Gasteiger partial charge >= 0.3 is 0 Å². The van der Waals surface area contributed by atoms with Crippen molar-refractivity contribution in [2.45, 2.75) is 30.3 Å². The van der Waals surface area contributed by atoms with Gasteiger partial charge in [-0.1, -0.05) is 23.2 Å². The second kappa shape index (κ2) is 6.76. The summed E-state index contributed by atoms with van der Waals surface area (Å²) in [5, 5.41) is 3.74. The highest BCUT2D eigenvalue weighted by molar-refractivity contribution is 8.20. The molecule has 1 aliphatic heterocycles. The molecule has 1 aliphatic carbocycles. The summed E-state index contributed by atoms with van der Waals surface area (Å²) in [6, 6.07) is 5.04. The number of hydrogen-bond donors (Lipinski definition) is 1. The van der Waals surface area contributed by atoms with E-state index in [0.29, 0.717) is 21.5 Å². The number of nitrogens with one attached hydrogen (secondary N) is 1. The minimum Gasteiger partial charge on any atom is -0.455 e. The molecule has 1 amide bonds. The number of fused-ring (bicyclic) bond motifs is 2. The van der Waals surface area contributed by atoms with Crippen LogP contribution in [0.25, 0.3) is 0 Å². The van der Waals surface area contributed by atoms with Gasteiger partial charge in [0.15, 0.2) is 5.76 Å². The van der Waals surface area contributed by atoms with Gasteiger partial charge in [0.2, 0.25) is 0 Å². The van der Waals surface area contributed by atoms with E-state index in [1.165, 1.54) is 5.56 Å². The van der Waals surface area contributed by atoms with Gasteiger partial charge in [0, 0.05) is 34.7 Å². The fourth-order valence-corrected chi connectivity index (χ4v) is 7.43. The zero-order valence-corrected chi connectivity index (χ0v) is 16.8. The molecule has 0 atom stereocenters. The average molecular weight is 414 g/mol. The highest BCUT2D eigenvalue weighted by Crippen LogP contribution is 2.59. The molecule has 1 spiro atoms. The molecule has 4 rings (SSSR count). The number of benzene rings is 1. The van der Waals surface area contributed by atoms with Crippen molar-refractivity contribution >= 4 is 58.3 Å². The first-order chi connectivity index (χ1) is 12.0. The highest BCUT2D eigenvalue weighted by atomic mass is 35.5. The number of carbonyl (C=O) groups is 1. The summed E-state index contributed by atoms with van der Waals surface area (Å²) in [6.07, 6.45) is 3.15. The van der Waals surface area contributed by atoms with E-state index in [0.717, 1.165) is 42.1 Å². The number of hydrogen-bond acceptors (Lipinski definition) is 4. The molecular formula is C18H17Cl2NO2S2. The Balaban J connectivity index is 1.66. The van der Waals surface area contributed by atoms with Crippen molar-refractivity contribution < 1.29 is 9.21 Å². The molecule has 7 heteroatoms. The summed E-state index contributed by atoms with van der Waals surface area (Å²) in [6.45, 7) is 2.00. The van der Waals surface area contributed by atoms with Gasteiger partial charge in [0.05, 0.1) is 14.1 Å². The molecule has 2 heterocycles. The number of carbonyl (C=O) groups excluding carboxylic acids is 1. The van der Waals surface area contributed by atoms with E-state index in [9.17, 15) is 4.79 Å². The van der Waals surface area contributed by atoms with Gasteiger partial charge in [-0.15, -0.1) is 23.5 Å². The molecule has 1 fully saturated rings. The van der Waals surface area contributed by atoms with E-state index in [1.807, 2.05) is 30.4 Å². The monoisotopic (exact) mass is 413 g/mol. The lowest BCUT2D eigenvalue weighted by molar-refractivity contribution is 0.0994. The molecule has 0 bridgehead atoms. The summed E-state index contributed by atoms with van der Waals surface area (Å²) >= 11 is 15.9. The normalized spacial score (nSPS) is 18.4. The molecule has 0 saturated carbocycles. The molecular weight excluding hydrogens is 397 g/mol. The quantitative estimate of drug-likeness (QED) is 0.643. The third kappa shape index (κ3) is 3.09. The summed E-state index contributed by atoms with van der Waals surface area (Å²) in [5.74, 6) is 3.45. The van der Waals surface area contributed by atoms with Crippen molar-refractivity contribution in [1.82, 2.24) is 0 Å². The van der Waals surface area contributed by atoms with Crippen LogP contribution >= 0.6 is 46.7 Å². The molecule has 25 heavy (non-hydrogen) atoms. The third-order valence-corrected chi connectivity index (χ3v) is 8.92. The molecule has 0 radical (unpaired) electrons. The number of aryl methyl sites for hydroxylation is 1. The van der Waals surface area contributed by atoms with Crippen LogP contribution in [0.4, 0.5) is 5.69 Å². The predicted molar refractivity (Wildman–Crippen MR) is 107 cm³/mol. The maximum Gasteiger partial charge on any atom is 0.291 e. The Morgan fingerprint density at radius 1 is 1.24 bits per heavy atom. The minimum absolute atomic E-state index is 0.0727. The fraction of sp³-hybridized carbons (Fsp3) is 0.389. The first-order valence-electron chi connectivity index (χ1n) is 8.17. The maximum atomic E-state index is 12.8. The van der Waals surface area contributed by atoms with Gasteiger partial charge in [-0.05, 0) is 38.0 Å². The first-order valence-corrected chi connectivity index (χ1v) is 10.9. The number of anilines is 1. The van der Waals surface area contributed by atoms with Gasteiger partial charge in [-0.25, -0.2) is 0 Å². The van der Waals surface area contributed by atoms with Crippen LogP contribution in [0.3, 0.4) is 0 Å². The van der Waals surface area contributed by atoms with Gasteiger partial charge in [-0.3, -0.25) is 4.79 Å². The van der Waals surface area contributed by atoms with Crippen LogP contribution in [0.15, 0.2) is 22.6 Å². The van der Waals surface area contributed by atoms with Crippen molar-refractivity contribution in [3.8, 4) is 0 Å². The van der Waals surface area contributed by atoms with Crippen molar-refractivity contribution in [2.75, 3.05) is 16.8 Å². The van der Waals surface area contributed by atoms with E-state index in [4.69, 9.17) is 27.6 Å². The van der Waals surface area contributed by atoms with Crippen LogP contribution in [0, 0.1) is 6.92 Å². The van der Waals surface area contributed by atoms with E-state index < -0.39 is 0 Å². The van der Waals surface area contributed by atoms with Crippen molar-refractivity contribution in [2.24, 2.45) is 0 Å². The van der Waals surface area contributed by atoms with Crippen LogP contribution in [0.2, 0.25) is 10.0 Å². The summed E-state index contributed by atoms with van der Waals surface area (Å²) in [5.41, 5.74) is 2.81. The Kier molecular flexibility index (Phi) is 4.78. The topological polar surface area (TPSA) is 42.2 Å². The Bertz CT molecular complexity index is 844. The van der Waals surface area contributed by atoms with Crippen molar-refractivity contribution in [3.05, 3.63) is 50.9 Å². The Hall–Kier alpha value is -0.750. The zero-order valence-electron chi connectivity index (χ0n) is 13.7. The van der Waals surface area contributed by atoms with Crippen LogP contribution < -0.4 is 5.32 Å². The number of thioether (sulfide) groups is 2. The first kappa shape index (κ1) is 17.7. The number of halogens is 2. The van der Waals surface area contributed by atoms with Crippen LogP contribution in [-0.2, 0) is 10.5 Å². The molecule has 132 valence electrons. The van der Waals surface area contributed by atoms with Gasteiger partial charge < -0.3 is 9.73 Å². The van der Waals surface area contributed by atoms with E-state index in [1.54, 1.807) is 18.2 Å². The molecule has 2 aliphatic rings. The summed E-state index contributed by atoms with van der Waals surface area (Å²) in [4.78, 5) is 12.8. The Morgan fingerprint density at radius 2 is 2.00 bits per heavy atom. The lowest BCUT2D eigenvalue weighted by atomic mass is 9.94. The van der Waals surface area contributed by atoms with Gasteiger partial charge in [0.25, 0.3) is 5.91 Å². The average Bonchev–Trinajstić information content (AvgIpc) is 3.17. The molecule has 1 N–H and O–H groups in total. The number of amides is 1. The predicted octanol–water partition coefficient (Wildman–Crippen LogP) is 6.12. The zero-order chi connectivity index (χ0) is 17.6. The maximum absolute atomic E-state index is 12.8. The lowest BCUT2D eigenvalue weighted by Gasteiger charge is -2.31. The summed E-state index contributed by atoms with van der Waals surface area (Å²) in [7, 11) is 0. The fourth-order valence-electron chi connectivity index (χ4n) is 3.58. The van der Waals surface area contributed by atoms with E-state index >= 15 is 0 Å². The van der Waals surface area contributed by atoms with Crippen molar-refractivity contribution in [3.63, 3.8) is 0 Å². The Labute approximate surface area is 165 Å². The molecule has 3 nitrogen and oxygen atoms in total. The van der Waals surface area contributed by atoms with Crippen LogP contribution in [0.5, 0.6) is 0 Å². The van der Waals surface area contributed by atoms with E-state index in [2.05, 4.69) is 5.32 Å². The molecule has 1 aromatic heterocycles. The molecule has 2 aromatic rings. The standard InChI is InChI=1S/C18H17Cl2NO2S2/c1-10-15-14(3-2-6-18(15)24-7-8-25-18)23-16(10)17(22)21-11-4-5-12(19)13(20)9-11/h4-5,9H,2-3,6-8H2,1H3,(H,21,22). The van der Waals surface area contributed by atoms with Crippen LogP contribution in [-0.4, -0.2) is 17.4 Å². The third-order valence-electron chi connectivity index (χ3n) is 4.65. The van der Waals surface area contributed by atoms with Gasteiger partial charge in [-0.2, -0.15) is 0 Å². The van der Waals surface area contributed by atoms with Crippen molar-refractivity contribution in [1.29, 1.82) is 0 Å². The smallest absolute Gasteiger partial charge is 0.291 e. The minimum atomic E-state index is -0.242. The molecule has 1 saturated heterocycles. The SMILES string of the molecule is Cc1c(C(=O)Nc2ccc(Cl)c(Cl)c2)oc2c1C1(CCC2)SCCS1. The van der Waals surface area contributed by atoms with E-state index in [-0.39, 0.29) is 9.99 Å². The second-order valence-electron chi connectivity index (χ2n) is 6.24. The Morgan fingerprint density at radius 3 is 2.72 bits per heavy atom. The number of furan rings is 1. The second-order valence-corrected chi connectivity index (χ2v) is 10.1. The summed E-state index contributed by atoms with van der Waals surface area (Å²) < 4.78 is 6.09. The van der Waals surface area contributed by atoms with Crippen LogP contribution in [0.1, 0.15) is 40.3 Å². The lowest BCUT2D eigenvalue weighted by Crippen LogP contribution is -2.21. The molecule has 1 aromatic carbocycles. The van der Waals surface area contributed by atoms with Gasteiger partial charge in [0.1, 0.15) is 5.76 Å². The highest BCUT2D eigenvalue weighted by Gasteiger charge is 2.45. The number of rotatable bonds is 2.